The molecule has 178 valence electrons. The lowest BCUT2D eigenvalue weighted by Gasteiger charge is -2.20. The van der Waals surface area contributed by atoms with Gasteiger partial charge in [-0.05, 0) is 74.0 Å². The average Bonchev–Trinajstić information content (AvgIpc) is 2.83. The van der Waals surface area contributed by atoms with Crippen LogP contribution in [0.25, 0.3) is 0 Å². The molecule has 0 bridgehead atoms. The number of carbonyl (C=O) groups is 2. The number of hydrogen-bond donors (Lipinski definition) is 1. The minimum atomic E-state index is -3.72. The predicted molar refractivity (Wildman–Crippen MR) is 130 cm³/mol. The zero-order valence-corrected chi connectivity index (χ0v) is 20.2. The number of hydrogen-bond acceptors (Lipinski definition) is 6. The van der Waals surface area contributed by atoms with Gasteiger partial charge in [0.1, 0.15) is 5.75 Å². The van der Waals surface area contributed by atoms with Crippen LogP contribution in [-0.2, 0) is 19.6 Å². The molecule has 0 aromatic heterocycles. The highest BCUT2D eigenvalue weighted by Crippen LogP contribution is 2.24. The minimum absolute atomic E-state index is 0.192. The number of sulfonamides is 1. The molecule has 0 spiro atoms. The summed E-state index contributed by atoms with van der Waals surface area (Å²) in [4.78, 5) is 24.1. The molecule has 0 aliphatic carbocycles. The van der Waals surface area contributed by atoms with Crippen molar-refractivity contribution in [1.29, 1.82) is 0 Å². The summed E-state index contributed by atoms with van der Waals surface area (Å²) in [6.45, 7) is 3.48. The lowest BCUT2D eigenvalue weighted by atomic mass is 10.1. The van der Waals surface area contributed by atoms with Crippen molar-refractivity contribution in [3.63, 3.8) is 0 Å². The van der Waals surface area contributed by atoms with E-state index in [9.17, 15) is 18.0 Å². The van der Waals surface area contributed by atoms with E-state index in [4.69, 9.17) is 4.74 Å². The van der Waals surface area contributed by atoms with E-state index in [1.165, 1.54) is 18.5 Å². The van der Waals surface area contributed by atoms with Gasteiger partial charge >= 0.3 is 5.97 Å². The molecular weight excluding hydrogens is 456 g/mol. The first kappa shape index (κ1) is 24.8. The van der Waals surface area contributed by atoms with Crippen molar-refractivity contribution in [2.45, 2.75) is 18.7 Å². The second-order valence-corrected chi connectivity index (χ2v) is 9.60. The van der Waals surface area contributed by atoms with Crippen molar-refractivity contribution in [3.8, 4) is 5.75 Å². The van der Waals surface area contributed by atoms with Gasteiger partial charge in [-0.2, -0.15) is 0 Å². The van der Waals surface area contributed by atoms with Gasteiger partial charge in [-0.1, -0.05) is 17.7 Å². The standard InChI is InChI=1S/C25H26N2O6S/c1-17-5-12-22(13-6-17)34(30,31)27(3)20-9-7-19(8-10-20)25(29)26-23-14-11-21(15-18(23)2)33-16-24(28)32-4/h5-15H,16H2,1-4H3,(H,26,29). The van der Waals surface area contributed by atoms with E-state index in [0.29, 0.717) is 22.7 Å². The summed E-state index contributed by atoms with van der Waals surface area (Å²) in [5, 5.41) is 2.82. The lowest BCUT2D eigenvalue weighted by Crippen LogP contribution is -2.26. The lowest BCUT2D eigenvalue weighted by molar-refractivity contribution is -0.142. The van der Waals surface area contributed by atoms with Crippen LogP contribution in [0.5, 0.6) is 5.75 Å². The molecule has 9 heteroatoms. The monoisotopic (exact) mass is 482 g/mol. The molecule has 3 rings (SSSR count). The third kappa shape index (κ3) is 5.74. The Morgan fingerprint density at radius 3 is 2.18 bits per heavy atom. The second kappa shape index (κ2) is 10.4. The topological polar surface area (TPSA) is 102 Å². The van der Waals surface area contributed by atoms with Crippen molar-refractivity contribution < 1.29 is 27.5 Å². The summed E-state index contributed by atoms with van der Waals surface area (Å²) in [5.74, 6) is -0.360. The van der Waals surface area contributed by atoms with Gasteiger partial charge < -0.3 is 14.8 Å². The largest absolute Gasteiger partial charge is 0.482 e. The van der Waals surface area contributed by atoms with Crippen LogP contribution in [-0.4, -0.2) is 41.1 Å². The molecule has 1 N–H and O–H groups in total. The number of methoxy groups -OCH3 is 1. The Balaban J connectivity index is 1.69. The smallest absolute Gasteiger partial charge is 0.343 e. The van der Waals surface area contributed by atoms with Gasteiger partial charge in [0.25, 0.3) is 15.9 Å². The molecule has 0 radical (unpaired) electrons. The SMILES string of the molecule is COC(=O)COc1ccc(NC(=O)c2ccc(N(C)S(=O)(=O)c3ccc(C)cc3)cc2)c(C)c1. The Morgan fingerprint density at radius 1 is 0.941 bits per heavy atom. The van der Waals surface area contributed by atoms with Crippen LogP contribution in [0.2, 0.25) is 0 Å². The van der Waals surface area contributed by atoms with Gasteiger partial charge in [-0.15, -0.1) is 0 Å². The first-order chi connectivity index (χ1) is 16.1. The third-order valence-electron chi connectivity index (χ3n) is 5.20. The summed E-state index contributed by atoms with van der Waals surface area (Å²) in [5.41, 5.74) is 3.10. The highest BCUT2D eigenvalue weighted by atomic mass is 32.2. The average molecular weight is 483 g/mol. The van der Waals surface area contributed by atoms with Crippen LogP contribution in [0.1, 0.15) is 21.5 Å². The van der Waals surface area contributed by atoms with E-state index in [-0.39, 0.29) is 17.4 Å². The number of nitrogens with zero attached hydrogens (tertiary/aromatic N) is 1. The number of anilines is 2. The maximum Gasteiger partial charge on any atom is 0.343 e. The summed E-state index contributed by atoms with van der Waals surface area (Å²) in [7, 11) is -0.970. The summed E-state index contributed by atoms with van der Waals surface area (Å²) in [6, 6.07) is 17.9. The van der Waals surface area contributed by atoms with E-state index in [0.717, 1.165) is 11.1 Å². The maximum atomic E-state index is 12.9. The van der Waals surface area contributed by atoms with Crippen LogP contribution in [0.3, 0.4) is 0 Å². The van der Waals surface area contributed by atoms with Crippen molar-refractivity contribution in [1.82, 2.24) is 0 Å². The first-order valence-corrected chi connectivity index (χ1v) is 11.8. The van der Waals surface area contributed by atoms with E-state index >= 15 is 0 Å². The highest BCUT2D eigenvalue weighted by Gasteiger charge is 2.21. The molecule has 0 saturated heterocycles. The van der Waals surface area contributed by atoms with Gasteiger partial charge in [0.15, 0.2) is 6.61 Å². The van der Waals surface area contributed by atoms with Crippen LogP contribution in [0.4, 0.5) is 11.4 Å². The number of aryl methyl sites for hydroxylation is 2. The fourth-order valence-electron chi connectivity index (χ4n) is 3.09. The van der Waals surface area contributed by atoms with Crippen LogP contribution >= 0.6 is 0 Å². The van der Waals surface area contributed by atoms with Crippen molar-refractivity contribution in [2.75, 3.05) is 30.4 Å². The van der Waals surface area contributed by atoms with E-state index in [1.54, 1.807) is 73.7 Å². The number of amides is 1. The third-order valence-corrected chi connectivity index (χ3v) is 7.00. The van der Waals surface area contributed by atoms with E-state index in [1.807, 2.05) is 6.92 Å². The fraction of sp³-hybridized carbons (Fsp3) is 0.200. The number of ether oxygens (including phenoxy) is 2. The van der Waals surface area contributed by atoms with Crippen LogP contribution < -0.4 is 14.4 Å². The normalized spacial score (nSPS) is 10.9. The number of carbonyl (C=O) groups excluding carboxylic acids is 2. The van der Waals surface area contributed by atoms with Gasteiger partial charge in [0, 0.05) is 18.3 Å². The fourth-order valence-corrected chi connectivity index (χ4v) is 4.29. The minimum Gasteiger partial charge on any atom is -0.482 e. The summed E-state index contributed by atoms with van der Waals surface area (Å²) < 4.78 is 36.8. The van der Waals surface area contributed by atoms with Gasteiger partial charge in [0.05, 0.1) is 17.7 Å². The predicted octanol–water partition coefficient (Wildman–Crippen LogP) is 3.93. The Morgan fingerprint density at radius 2 is 1.59 bits per heavy atom. The van der Waals surface area contributed by atoms with Crippen molar-refractivity contribution in [2.24, 2.45) is 0 Å². The first-order valence-electron chi connectivity index (χ1n) is 10.4. The molecule has 0 aliphatic rings. The second-order valence-electron chi connectivity index (χ2n) is 7.63. The van der Waals surface area contributed by atoms with E-state index < -0.39 is 16.0 Å². The Bertz CT molecular complexity index is 1290. The quantitative estimate of drug-likeness (QED) is 0.488. The molecule has 0 aliphatic heterocycles. The summed E-state index contributed by atoms with van der Waals surface area (Å²) in [6.07, 6.45) is 0. The van der Waals surface area contributed by atoms with Gasteiger partial charge in [-0.25, -0.2) is 13.2 Å². The zero-order valence-electron chi connectivity index (χ0n) is 19.4. The molecule has 0 fully saturated rings. The van der Waals surface area contributed by atoms with Crippen molar-refractivity contribution in [3.05, 3.63) is 83.4 Å². The molecule has 3 aromatic carbocycles. The number of nitrogens with one attached hydrogen (secondary N) is 1. The molecular formula is C25H26N2O6S. The number of esters is 1. The number of rotatable bonds is 8. The Kier molecular flexibility index (Phi) is 7.57. The summed E-state index contributed by atoms with van der Waals surface area (Å²) >= 11 is 0. The molecule has 0 unspecified atom stereocenters. The molecule has 0 heterocycles. The molecule has 3 aromatic rings. The van der Waals surface area contributed by atoms with E-state index in [2.05, 4.69) is 10.1 Å². The molecule has 8 nitrogen and oxygen atoms in total. The van der Waals surface area contributed by atoms with Crippen molar-refractivity contribution >= 4 is 33.3 Å². The Hall–Kier alpha value is -3.85. The van der Waals surface area contributed by atoms with Gasteiger partial charge in [-0.3, -0.25) is 9.10 Å². The molecule has 0 saturated carbocycles. The molecule has 0 atom stereocenters. The molecule has 1 amide bonds. The van der Waals surface area contributed by atoms with Crippen LogP contribution in [0.15, 0.2) is 71.6 Å². The van der Waals surface area contributed by atoms with Crippen LogP contribution in [0, 0.1) is 13.8 Å². The zero-order chi connectivity index (χ0) is 24.9. The molecule has 34 heavy (non-hydrogen) atoms. The maximum absolute atomic E-state index is 12.9. The Labute approximate surface area is 199 Å². The van der Waals surface area contributed by atoms with Gasteiger partial charge in [0.2, 0.25) is 0 Å². The number of benzene rings is 3. The highest BCUT2D eigenvalue weighted by molar-refractivity contribution is 7.92.